The number of unbranched alkanes of at least 4 members (excludes halogenated alkanes) is 9. The van der Waals surface area contributed by atoms with E-state index in [9.17, 15) is 10.2 Å². The summed E-state index contributed by atoms with van der Waals surface area (Å²) in [6, 6.07) is 15.3. The molecule has 0 saturated heterocycles. The van der Waals surface area contributed by atoms with Gasteiger partial charge in [0.15, 0.2) is 0 Å². The SMILES string of the molecule is Oc1ccccc1CCCCCCCCCCCCc1ccccc1O. The van der Waals surface area contributed by atoms with Crippen LogP contribution in [0.25, 0.3) is 0 Å². The fourth-order valence-corrected chi connectivity index (χ4v) is 3.49. The van der Waals surface area contributed by atoms with Gasteiger partial charge in [0.25, 0.3) is 0 Å². The molecule has 0 aliphatic carbocycles. The summed E-state index contributed by atoms with van der Waals surface area (Å²) >= 11 is 0. The Labute approximate surface area is 158 Å². The third-order valence-corrected chi connectivity index (χ3v) is 5.13. The van der Waals surface area contributed by atoms with Crippen molar-refractivity contribution in [1.82, 2.24) is 0 Å². The Balaban J connectivity index is 1.37. The van der Waals surface area contributed by atoms with Crippen molar-refractivity contribution in [3.05, 3.63) is 59.7 Å². The van der Waals surface area contributed by atoms with Crippen LogP contribution in [0.2, 0.25) is 0 Å². The lowest BCUT2D eigenvalue weighted by Crippen LogP contribution is -1.88. The summed E-state index contributed by atoms with van der Waals surface area (Å²) < 4.78 is 0. The molecule has 2 N–H and O–H groups in total. The van der Waals surface area contributed by atoms with Gasteiger partial charge in [0.05, 0.1) is 0 Å². The van der Waals surface area contributed by atoms with E-state index in [-0.39, 0.29) is 0 Å². The average molecular weight is 355 g/mol. The Morgan fingerprint density at radius 3 is 1.08 bits per heavy atom. The number of hydrogen-bond donors (Lipinski definition) is 2. The Kier molecular flexibility index (Phi) is 9.71. The molecule has 0 radical (unpaired) electrons. The lowest BCUT2D eigenvalue weighted by molar-refractivity contribution is 0.464. The molecule has 0 aliphatic heterocycles. The molecule has 0 unspecified atom stereocenters. The van der Waals surface area contributed by atoms with Crippen molar-refractivity contribution in [3.63, 3.8) is 0 Å². The molecule has 0 aromatic heterocycles. The van der Waals surface area contributed by atoms with Gasteiger partial charge >= 0.3 is 0 Å². The van der Waals surface area contributed by atoms with Crippen LogP contribution in [0.5, 0.6) is 11.5 Å². The van der Waals surface area contributed by atoms with Crippen LogP contribution < -0.4 is 0 Å². The molecule has 2 aromatic rings. The second kappa shape index (κ2) is 12.4. The molecular weight excluding hydrogens is 320 g/mol. The summed E-state index contributed by atoms with van der Waals surface area (Å²) in [5, 5.41) is 19.5. The topological polar surface area (TPSA) is 40.5 Å². The summed E-state index contributed by atoms with van der Waals surface area (Å²) in [6.45, 7) is 0. The first kappa shape index (κ1) is 20.4. The van der Waals surface area contributed by atoms with E-state index in [0.717, 1.165) is 24.0 Å². The highest BCUT2D eigenvalue weighted by Crippen LogP contribution is 2.20. The van der Waals surface area contributed by atoms with Crippen LogP contribution in [-0.4, -0.2) is 10.2 Å². The monoisotopic (exact) mass is 354 g/mol. The maximum absolute atomic E-state index is 9.74. The molecule has 2 rings (SSSR count). The minimum absolute atomic E-state index is 0.440. The van der Waals surface area contributed by atoms with Crippen molar-refractivity contribution in [2.24, 2.45) is 0 Å². The van der Waals surface area contributed by atoms with E-state index in [4.69, 9.17) is 0 Å². The molecule has 0 heterocycles. The summed E-state index contributed by atoms with van der Waals surface area (Å²) in [5.74, 6) is 0.880. The van der Waals surface area contributed by atoms with Crippen LogP contribution in [0.1, 0.15) is 75.3 Å². The highest BCUT2D eigenvalue weighted by atomic mass is 16.3. The van der Waals surface area contributed by atoms with Crippen molar-refractivity contribution in [1.29, 1.82) is 0 Å². The average Bonchev–Trinajstić information content (AvgIpc) is 2.65. The van der Waals surface area contributed by atoms with Crippen molar-refractivity contribution >= 4 is 0 Å². The smallest absolute Gasteiger partial charge is 0.118 e. The highest BCUT2D eigenvalue weighted by Gasteiger charge is 2.00. The zero-order valence-electron chi connectivity index (χ0n) is 16.0. The minimum atomic E-state index is 0.440. The number of para-hydroxylation sites is 2. The lowest BCUT2D eigenvalue weighted by Gasteiger charge is -2.05. The Bertz CT molecular complexity index is 566. The van der Waals surface area contributed by atoms with E-state index in [1.807, 2.05) is 36.4 Å². The zero-order valence-corrected chi connectivity index (χ0v) is 16.0. The second-order valence-electron chi connectivity index (χ2n) is 7.29. The van der Waals surface area contributed by atoms with Crippen LogP contribution in [0, 0.1) is 0 Å². The number of rotatable bonds is 13. The summed E-state index contributed by atoms with van der Waals surface area (Å²) in [7, 11) is 0. The van der Waals surface area contributed by atoms with Gasteiger partial charge in [-0.05, 0) is 48.9 Å². The number of benzene rings is 2. The molecule has 0 aliphatic rings. The maximum atomic E-state index is 9.74. The molecule has 0 atom stereocenters. The molecule has 0 saturated carbocycles. The molecule has 0 bridgehead atoms. The zero-order chi connectivity index (χ0) is 18.5. The second-order valence-corrected chi connectivity index (χ2v) is 7.29. The third kappa shape index (κ3) is 7.95. The van der Waals surface area contributed by atoms with Gasteiger partial charge in [-0.3, -0.25) is 0 Å². The predicted molar refractivity (Wildman–Crippen MR) is 110 cm³/mol. The number of phenols is 2. The van der Waals surface area contributed by atoms with Crippen LogP contribution >= 0.6 is 0 Å². The summed E-state index contributed by atoms with van der Waals surface area (Å²) in [4.78, 5) is 0. The normalized spacial score (nSPS) is 10.9. The fraction of sp³-hybridized carbons (Fsp3) is 0.500. The van der Waals surface area contributed by atoms with Crippen molar-refractivity contribution < 1.29 is 10.2 Å². The van der Waals surface area contributed by atoms with Gasteiger partial charge in [0.2, 0.25) is 0 Å². The quantitative estimate of drug-likeness (QED) is 0.389. The molecule has 142 valence electrons. The number of aromatic hydroxyl groups is 2. The van der Waals surface area contributed by atoms with Crippen LogP contribution in [-0.2, 0) is 12.8 Å². The van der Waals surface area contributed by atoms with E-state index >= 15 is 0 Å². The van der Waals surface area contributed by atoms with Crippen LogP contribution in [0.15, 0.2) is 48.5 Å². The lowest BCUT2D eigenvalue weighted by atomic mass is 10.0. The van der Waals surface area contributed by atoms with E-state index in [2.05, 4.69) is 0 Å². The molecule has 2 nitrogen and oxygen atoms in total. The van der Waals surface area contributed by atoms with Gasteiger partial charge in [-0.2, -0.15) is 0 Å². The third-order valence-electron chi connectivity index (χ3n) is 5.13. The first-order valence-electron chi connectivity index (χ1n) is 10.3. The molecule has 0 fully saturated rings. The Morgan fingerprint density at radius 2 is 0.731 bits per heavy atom. The number of phenolic OH excluding ortho intramolecular Hbond substituents is 2. The summed E-state index contributed by atoms with van der Waals surface area (Å²) in [5.41, 5.74) is 2.16. The minimum Gasteiger partial charge on any atom is -0.508 e. The van der Waals surface area contributed by atoms with Crippen LogP contribution in [0.4, 0.5) is 0 Å². The largest absolute Gasteiger partial charge is 0.508 e. The fourth-order valence-electron chi connectivity index (χ4n) is 3.49. The van der Waals surface area contributed by atoms with Gasteiger partial charge in [0.1, 0.15) is 11.5 Å². The van der Waals surface area contributed by atoms with E-state index in [0.29, 0.717) is 11.5 Å². The first-order chi connectivity index (χ1) is 12.8. The molecule has 2 heteroatoms. The van der Waals surface area contributed by atoms with Crippen molar-refractivity contribution in [2.75, 3.05) is 0 Å². The number of aryl methyl sites for hydroxylation is 2. The van der Waals surface area contributed by atoms with E-state index in [1.54, 1.807) is 12.1 Å². The van der Waals surface area contributed by atoms with Gasteiger partial charge in [-0.25, -0.2) is 0 Å². The first-order valence-corrected chi connectivity index (χ1v) is 10.3. The van der Waals surface area contributed by atoms with Gasteiger partial charge in [-0.15, -0.1) is 0 Å². The predicted octanol–water partition coefficient (Wildman–Crippen LogP) is 6.78. The Morgan fingerprint density at radius 1 is 0.423 bits per heavy atom. The van der Waals surface area contributed by atoms with Crippen LogP contribution in [0.3, 0.4) is 0 Å². The van der Waals surface area contributed by atoms with Crippen molar-refractivity contribution in [2.45, 2.75) is 77.0 Å². The van der Waals surface area contributed by atoms with Gasteiger partial charge < -0.3 is 10.2 Å². The molecule has 2 aromatic carbocycles. The maximum Gasteiger partial charge on any atom is 0.118 e. The van der Waals surface area contributed by atoms with Gasteiger partial charge in [-0.1, -0.05) is 87.8 Å². The van der Waals surface area contributed by atoms with Gasteiger partial charge in [0, 0.05) is 0 Å². The Hall–Kier alpha value is -1.96. The van der Waals surface area contributed by atoms with E-state index < -0.39 is 0 Å². The van der Waals surface area contributed by atoms with E-state index in [1.165, 1.54) is 64.2 Å². The van der Waals surface area contributed by atoms with Crippen molar-refractivity contribution in [3.8, 4) is 11.5 Å². The molecular formula is C24H34O2. The standard InChI is InChI=1S/C24H34O2/c25-23-19-13-11-17-21(23)15-9-7-5-3-1-2-4-6-8-10-16-22-18-12-14-20-24(22)26/h11-14,17-20,25-26H,1-10,15-16H2. The number of hydrogen-bond acceptors (Lipinski definition) is 2. The summed E-state index contributed by atoms with van der Waals surface area (Å²) in [6.07, 6.45) is 14.8. The molecule has 0 spiro atoms. The highest BCUT2D eigenvalue weighted by molar-refractivity contribution is 5.32. The molecule has 0 amide bonds. The molecule has 26 heavy (non-hydrogen) atoms.